The molecule has 2 fully saturated rings. The summed E-state index contributed by atoms with van der Waals surface area (Å²) in [5, 5.41) is 87.8. The van der Waals surface area contributed by atoms with Crippen molar-refractivity contribution in [3.63, 3.8) is 0 Å². The molecule has 14 heteroatoms. The fourth-order valence-corrected chi connectivity index (χ4v) is 13.3. The van der Waals surface area contributed by atoms with Gasteiger partial charge in [0, 0.05) is 6.42 Å². The summed E-state index contributed by atoms with van der Waals surface area (Å²) in [7, 11) is 0. The summed E-state index contributed by atoms with van der Waals surface area (Å²) < 4.78 is 23.0. The van der Waals surface area contributed by atoms with Gasteiger partial charge in [0.25, 0.3) is 0 Å². The van der Waals surface area contributed by atoms with E-state index in [1.165, 1.54) is 295 Å². The minimum atomic E-state index is -1.78. The molecule has 14 nitrogen and oxygen atoms in total. The number of hydrogen-bond donors (Lipinski definition) is 9. The van der Waals surface area contributed by atoms with Crippen LogP contribution in [0.4, 0.5) is 0 Å². The summed E-state index contributed by atoms with van der Waals surface area (Å²) in [6, 6.07) is -0.827. The summed E-state index contributed by atoms with van der Waals surface area (Å²) in [6.45, 7) is 2.93. The zero-order valence-electron chi connectivity index (χ0n) is 58.4. The first-order valence-corrected chi connectivity index (χ1v) is 38.9. The van der Waals surface area contributed by atoms with Gasteiger partial charge in [-0.3, -0.25) is 4.79 Å². The van der Waals surface area contributed by atoms with Crippen molar-refractivity contribution >= 4 is 5.91 Å². The van der Waals surface area contributed by atoms with Crippen LogP contribution in [0, 0.1) is 0 Å². The lowest BCUT2D eigenvalue weighted by Crippen LogP contribution is -2.65. The molecule has 0 radical (unpaired) electrons. The molecule has 9 N–H and O–H groups in total. The van der Waals surface area contributed by atoms with Crippen LogP contribution in [0.2, 0.25) is 0 Å². The maximum Gasteiger partial charge on any atom is 0.220 e. The first-order valence-electron chi connectivity index (χ1n) is 38.9. The van der Waals surface area contributed by atoms with Gasteiger partial charge in [0.05, 0.1) is 32.0 Å². The van der Waals surface area contributed by atoms with Crippen LogP contribution < -0.4 is 5.32 Å². The average molecular weight is 1280 g/mol. The zero-order chi connectivity index (χ0) is 65.2. The number of aliphatic hydroxyl groups excluding tert-OH is 8. The third kappa shape index (κ3) is 44.5. The highest BCUT2D eigenvalue weighted by atomic mass is 16.7. The second-order valence-electron chi connectivity index (χ2n) is 27.8. The zero-order valence-corrected chi connectivity index (χ0v) is 58.4. The van der Waals surface area contributed by atoms with Crippen molar-refractivity contribution in [3.8, 4) is 0 Å². The van der Waals surface area contributed by atoms with Crippen molar-refractivity contribution in [2.45, 2.75) is 447 Å². The number of ether oxygens (including phenoxy) is 4. The third-order valence-corrected chi connectivity index (χ3v) is 19.5. The number of nitrogens with one attached hydrogen (secondary N) is 1. The molecule has 0 aromatic carbocycles. The predicted octanol–water partition coefficient (Wildman–Crippen LogP) is 16.9. The second-order valence-corrected chi connectivity index (χ2v) is 27.8. The van der Waals surface area contributed by atoms with Gasteiger partial charge in [-0.15, -0.1) is 0 Å². The molecule has 2 heterocycles. The van der Waals surface area contributed by atoms with E-state index in [9.17, 15) is 45.6 Å². The highest BCUT2D eigenvalue weighted by Gasteiger charge is 2.51. The van der Waals surface area contributed by atoms with Crippen LogP contribution in [0.1, 0.15) is 373 Å². The van der Waals surface area contributed by atoms with Gasteiger partial charge in [0.1, 0.15) is 48.8 Å². The Kier molecular flexibility index (Phi) is 57.8. The van der Waals surface area contributed by atoms with Gasteiger partial charge >= 0.3 is 0 Å². The molecule has 90 heavy (non-hydrogen) atoms. The Morgan fingerprint density at radius 1 is 0.389 bits per heavy atom. The van der Waals surface area contributed by atoms with Crippen LogP contribution in [0.15, 0.2) is 12.2 Å². The number of hydrogen-bond acceptors (Lipinski definition) is 13. The molecule has 2 aliphatic rings. The molecule has 0 spiro atoms. The number of carbonyl (C=O) groups is 1. The quantitative estimate of drug-likeness (QED) is 0.0204. The molecule has 0 bridgehead atoms. The molecular formula is C76H147NO13. The van der Waals surface area contributed by atoms with Gasteiger partial charge in [-0.1, -0.05) is 341 Å². The van der Waals surface area contributed by atoms with Crippen LogP contribution in [-0.2, 0) is 23.7 Å². The van der Waals surface area contributed by atoms with Gasteiger partial charge < -0.3 is 65.1 Å². The molecule has 2 rings (SSSR count). The number of amides is 1. The molecule has 0 aromatic heterocycles. The molecule has 12 atom stereocenters. The minimum absolute atomic E-state index is 0.198. The van der Waals surface area contributed by atoms with Crippen LogP contribution in [0.25, 0.3) is 0 Å². The molecule has 534 valence electrons. The summed E-state index contributed by atoms with van der Waals surface area (Å²) in [5.74, 6) is -0.198. The summed E-state index contributed by atoms with van der Waals surface area (Å²) in [6.07, 6.45) is 59.6. The third-order valence-electron chi connectivity index (χ3n) is 19.5. The predicted molar refractivity (Wildman–Crippen MR) is 369 cm³/mol. The highest BCUT2D eigenvalue weighted by Crippen LogP contribution is 2.30. The van der Waals surface area contributed by atoms with Crippen molar-refractivity contribution < 1.29 is 64.6 Å². The van der Waals surface area contributed by atoms with Crippen molar-refractivity contribution in [2.24, 2.45) is 0 Å². The Hall–Kier alpha value is -1.27. The van der Waals surface area contributed by atoms with Crippen LogP contribution in [0.3, 0.4) is 0 Å². The van der Waals surface area contributed by atoms with E-state index in [-0.39, 0.29) is 12.5 Å². The fraction of sp³-hybridized carbons (Fsp3) is 0.961. The summed E-state index contributed by atoms with van der Waals surface area (Å²) >= 11 is 0. The number of carbonyl (C=O) groups excluding carboxylic acids is 1. The lowest BCUT2D eigenvalue weighted by Gasteiger charge is -2.46. The van der Waals surface area contributed by atoms with E-state index in [1.807, 2.05) is 0 Å². The number of rotatable bonds is 66. The molecular weight excluding hydrogens is 1130 g/mol. The van der Waals surface area contributed by atoms with E-state index in [0.29, 0.717) is 12.8 Å². The summed E-state index contributed by atoms with van der Waals surface area (Å²) in [4.78, 5) is 13.4. The van der Waals surface area contributed by atoms with Crippen molar-refractivity contribution in [2.75, 3.05) is 19.8 Å². The molecule has 1 amide bonds. The number of aliphatic hydroxyl groups is 8. The number of allylic oxidation sites excluding steroid dienone is 2. The monoisotopic (exact) mass is 1280 g/mol. The maximum absolute atomic E-state index is 13.4. The molecule has 12 unspecified atom stereocenters. The van der Waals surface area contributed by atoms with Crippen molar-refractivity contribution in [3.05, 3.63) is 12.2 Å². The van der Waals surface area contributed by atoms with Gasteiger partial charge in [0.15, 0.2) is 12.6 Å². The van der Waals surface area contributed by atoms with Gasteiger partial charge in [-0.25, -0.2) is 0 Å². The van der Waals surface area contributed by atoms with Gasteiger partial charge in [0.2, 0.25) is 5.91 Å². The average Bonchev–Trinajstić information content (AvgIpc) is 1.41. The van der Waals surface area contributed by atoms with E-state index in [0.717, 1.165) is 51.4 Å². The lowest BCUT2D eigenvalue weighted by molar-refractivity contribution is -0.359. The Balaban J connectivity index is 1.62. The Labute approximate surface area is 552 Å². The standard InChI is InChI=1S/C76H147NO13/c1-3-5-7-9-11-13-15-17-19-21-23-25-27-29-31-32-34-35-37-39-41-43-45-47-49-51-53-55-57-59-65(80)64(63-87-75-73(86)71(84)74(67(62-79)89-75)90-76-72(85)70(83)69(82)66(61-78)88-76)77-68(81)60-58-56-54-52-50-48-46-44-42-40-38-36-33-30-28-26-24-22-20-18-16-14-12-10-8-6-4-2/h22,24,64-67,69-76,78-80,82-86H,3-21,23,25-63H2,1-2H3,(H,77,81)/b24-22-. The molecule has 2 saturated heterocycles. The van der Waals surface area contributed by atoms with Gasteiger partial charge in [-0.2, -0.15) is 0 Å². The largest absolute Gasteiger partial charge is 0.394 e. The highest BCUT2D eigenvalue weighted by molar-refractivity contribution is 5.76. The molecule has 0 aromatic rings. The van der Waals surface area contributed by atoms with E-state index in [1.54, 1.807) is 0 Å². The van der Waals surface area contributed by atoms with Crippen molar-refractivity contribution in [1.29, 1.82) is 0 Å². The Morgan fingerprint density at radius 2 is 0.700 bits per heavy atom. The van der Waals surface area contributed by atoms with E-state index in [2.05, 4.69) is 31.3 Å². The smallest absolute Gasteiger partial charge is 0.220 e. The summed E-state index contributed by atoms with van der Waals surface area (Å²) in [5.41, 5.74) is 0. The first-order chi connectivity index (χ1) is 44.1. The normalized spacial score (nSPS) is 22.9. The minimum Gasteiger partial charge on any atom is -0.394 e. The second kappa shape index (κ2) is 61.3. The van der Waals surface area contributed by atoms with E-state index in [4.69, 9.17) is 18.9 Å². The maximum atomic E-state index is 13.4. The van der Waals surface area contributed by atoms with Crippen LogP contribution in [-0.4, -0.2) is 140 Å². The topological polar surface area (TPSA) is 228 Å². The van der Waals surface area contributed by atoms with E-state index < -0.39 is 86.8 Å². The Bertz CT molecular complexity index is 1560. The first kappa shape index (κ1) is 84.8. The Morgan fingerprint density at radius 3 is 1.06 bits per heavy atom. The molecule has 0 saturated carbocycles. The van der Waals surface area contributed by atoms with Crippen LogP contribution >= 0.6 is 0 Å². The van der Waals surface area contributed by atoms with Gasteiger partial charge in [-0.05, 0) is 38.5 Å². The fourth-order valence-electron chi connectivity index (χ4n) is 13.3. The SMILES string of the molecule is CCCCCCCCCC/C=C\CCCCCCCCCCCCCCCCCC(=O)NC(COC1OC(CO)C(OC2OC(CO)C(O)C(O)C2O)C(O)C1O)C(O)CCCCCCCCCCCCCCCCCCCCCCCCCCCCCCC. The molecule has 2 aliphatic heterocycles. The van der Waals surface area contributed by atoms with E-state index >= 15 is 0 Å². The number of unbranched alkanes of at least 4 members (excludes halogenated alkanes) is 51. The lowest BCUT2D eigenvalue weighted by atomic mass is 9.97. The molecule has 0 aliphatic carbocycles. The van der Waals surface area contributed by atoms with Crippen molar-refractivity contribution in [1.82, 2.24) is 5.32 Å². The van der Waals surface area contributed by atoms with Crippen LogP contribution in [0.5, 0.6) is 0 Å².